The number of amides is 1. The van der Waals surface area contributed by atoms with Crippen molar-refractivity contribution in [2.75, 3.05) is 19.6 Å². The first kappa shape index (κ1) is 11.9. The van der Waals surface area contributed by atoms with Crippen LogP contribution in [-0.2, 0) is 4.79 Å². The molecule has 4 heteroatoms. The van der Waals surface area contributed by atoms with E-state index >= 15 is 0 Å². The van der Waals surface area contributed by atoms with E-state index in [1.165, 1.54) is 25.7 Å². The molecule has 4 nitrogen and oxygen atoms in total. The number of hydrogen-bond acceptors (Lipinski definition) is 3. The van der Waals surface area contributed by atoms with Gasteiger partial charge in [-0.25, -0.2) is 0 Å². The fourth-order valence-electron chi connectivity index (χ4n) is 2.98. The highest BCUT2D eigenvalue weighted by atomic mass is 16.2. The van der Waals surface area contributed by atoms with Gasteiger partial charge in [0.15, 0.2) is 0 Å². The molecule has 0 aromatic heterocycles. The molecule has 2 unspecified atom stereocenters. The van der Waals surface area contributed by atoms with Gasteiger partial charge < -0.3 is 11.1 Å². The zero-order chi connectivity index (χ0) is 11.5. The molecular formula is C12H23N3O. The molecule has 0 bridgehead atoms. The maximum atomic E-state index is 11.9. The van der Waals surface area contributed by atoms with Crippen LogP contribution in [0.3, 0.4) is 0 Å². The second-order valence-electron chi connectivity index (χ2n) is 5.24. The summed E-state index contributed by atoms with van der Waals surface area (Å²) in [6.07, 6.45) is 5.07. The quantitative estimate of drug-likeness (QED) is 0.712. The lowest BCUT2D eigenvalue weighted by atomic mass is 10.1. The lowest BCUT2D eigenvalue weighted by Gasteiger charge is -2.33. The van der Waals surface area contributed by atoms with Crippen LogP contribution < -0.4 is 11.1 Å². The summed E-state index contributed by atoms with van der Waals surface area (Å²) < 4.78 is 0. The van der Waals surface area contributed by atoms with Gasteiger partial charge in [0.1, 0.15) is 6.04 Å². The standard InChI is InChI=1S/C12H23N3O/c1-9-7-14-12(16)11(6-13)15(8-9)10-4-2-3-5-10/h9-11H,2-8,13H2,1H3,(H,14,16). The van der Waals surface area contributed by atoms with Crippen LogP contribution in [0.1, 0.15) is 32.6 Å². The SMILES string of the molecule is CC1CNC(=O)C(CN)N(C2CCCC2)C1. The van der Waals surface area contributed by atoms with Gasteiger partial charge in [-0.3, -0.25) is 9.69 Å². The van der Waals surface area contributed by atoms with E-state index in [1.54, 1.807) is 0 Å². The maximum absolute atomic E-state index is 11.9. The average molecular weight is 225 g/mol. The molecule has 0 aromatic carbocycles. The van der Waals surface area contributed by atoms with Gasteiger partial charge in [0, 0.05) is 25.7 Å². The molecule has 0 spiro atoms. The van der Waals surface area contributed by atoms with Crippen molar-refractivity contribution < 1.29 is 4.79 Å². The van der Waals surface area contributed by atoms with Gasteiger partial charge in [-0.15, -0.1) is 0 Å². The monoisotopic (exact) mass is 225 g/mol. The van der Waals surface area contributed by atoms with E-state index in [9.17, 15) is 4.79 Å². The van der Waals surface area contributed by atoms with E-state index < -0.39 is 0 Å². The lowest BCUT2D eigenvalue weighted by molar-refractivity contribution is -0.125. The highest BCUT2D eigenvalue weighted by Gasteiger charge is 2.34. The highest BCUT2D eigenvalue weighted by molar-refractivity contribution is 5.82. The molecule has 2 rings (SSSR count). The van der Waals surface area contributed by atoms with E-state index in [0.29, 0.717) is 18.5 Å². The summed E-state index contributed by atoms with van der Waals surface area (Å²) in [4.78, 5) is 14.3. The molecular weight excluding hydrogens is 202 g/mol. The van der Waals surface area contributed by atoms with Crippen molar-refractivity contribution >= 4 is 5.91 Å². The van der Waals surface area contributed by atoms with Crippen LogP contribution in [-0.4, -0.2) is 42.5 Å². The number of nitrogens with zero attached hydrogens (tertiary/aromatic N) is 1. The normalized spacial score (nSPS) is 33.8. The van der Waals surface area contributed by atoms with Crippen molar-refractivity contribution in [3.05, 3.63) is 0 Å². The first-order valence-corrected chi connectivity index (χ1v) is 6.46. The predicted molar refractivity (Wildman–Crippen MR) is 64.0 cm³/mol. The molecule has 1 aliphatic carbocycles. The van der Waals surface area contributed by atoms with E-state index in [-0.39, 0.29) is 11.9 Å². The Balaban J connectivity index is 2.11. The fraction of sp³-hybridized carbons (Fsp3) is 0.917. The summed E-state index contributed by atoms with van der Waals surface area (Å²) in [5, 5.41) is 2.99. The third kappa shape index (κ3) is 2.38. The van der Waals surface area contributed by atoms with E-state index in [4.69, 9.17) is 5.73 Å². The van der Waals surface area contributed by atoms with Gasteiger partial charge >= 0.3 is 0 Å². The molecule has 0 aromatic rings. The van der Waals surface area contributed by atoms with Crippen molar-refractivity contribution in [2.45, 2.75) is 44.7 Å². The molecule has 92 valence electrons. The van der Waals surface area contributed by atoms with Crippen molar-refractivity contribution in [1.82, 2.24) is 10.2 Å². The Hall–Kier alpha value is -0.610. The number of hydrogen-bond donors (Lipinski definition) is 2. The molecule has 1 aliphatic heterocycles. The molecule has 0 radical (unpaired) electrons. The van der Waals surface area contributed by atoms with Crippen molar-refractivity contribution in [2.24, 2.45) is 11.7 Å². The van der Waals surface area contributed by atoms with Gasteiger partial charge in [-0.05, 0) is 18.8 Å². The summed E-state index contributed by atoms with van der Waals surface area (Å²) in [5.74, 6) is 0.653. The molecule has 16 heavy (non-hydrogen) atoms. The number of nitrogens with two attached hydrogens (primary N) is 1. The Bertz CT molecular complexity index is 251. The summed E-state index contributed by atoms with van der Waals surface area (Å²) >= 11 is 0. The fourth-order valence-corrected chi connectivity index (χ4v) is 2.98. The molecule has 1 saturated carbocycles. The molecule has 2 fully saturated rings. The summed E-state index contributed by atoms with van der Waals surface area (Å²) in [6, 6.07) is 0.480. The van der Waals surface area contributed by atoms with Gasteiger partial charge in [-0.1, -0.05) is 19.8 Å². The average Bonchev–Trinajstić information content (AvgIpc) is 2.74. The van der Waals surface area contributed by atoms with Crippen LogP contribution in [0.4, 0.5) is 0 Å². The minimum atomic E-state index is -0.104. The Morgan fingerprint density at radius 1 is 1.44 bits per heavy atom. The van der Waals surface area contributed by atoms with Crippen LogP contribution in [0.15, 0.2) is 0 Å². The van der Waals surface area contributed by atoms with Crippen molar-refractivity contribution in [3.63, 3.8) is 0 Å². The topological polar surface area (TPSA) is 58.4 Å². The molecule has 1 saturated heterocycles. The van der Waals surface area contributed by atoms with Gasteiger partial charge in [0.25, 0.3) is 0 Å². The molecule has 3 N–H and O–H groups in total. The zero-order valence-corrected chi connectivity index (χ0v) is 10.1. The molecule has 2 atom stereocenters. The van der Waals surface area contributed by atoms with Crippen LogP contribution in [0.2, 0.25) is 0 Å². The molecule has 2 aliphatic rings. The van der Waals surface area contributed by atoms with Crippen LogP contribution in [0.5, 0.6) is 0 Å². The largest absolute Gasteiger partial charge is 0.354 e. The van der Waals surface area contributed by atoms with E-state index in [2.05, 4.69) is 17.1 Å². The Morgan fingerprint density at radius 2 is 2.12 bits per heavy atom. The van der Waals surface area contributed by atoms with Crippen molar-refractivity contribution in [3.8, 4) is 0 Å². The smallest absolute Gasteiger partial charge is 0.238 e. The molecule has 1 heterocycles. The van der Waals surface area contributed by atoms with Gasteiger partial charge in [0.2, 0.25) is 5.91 Å². The number of nitrogens with one attached hydrogen (secondary N) is 1. The minimum absolute atomic E-state index is 0.104. The number of carbonyl (C=O) groups is 1. The number of rotatable bonds is 2. The van der Waals surface area contributed by atoms with Crippen LogP contribution in [0.25, 0.3) is 0 Å². The summed E-state index contributed by atoms with van der Waals surface area (Å²) in [6.45, 7) is 4.43. The lowest BCUT2D eigenvalue weighted by Crippen LogP contribution is -2.52. The van der Waals surface area contributed by atoms with E-state index in [0.717, 1.165) is 13.1 Å². The van der Waals surface area contributed by atoms with Gasteiger partial charge in [0.05, 0.1) is 0 Å². The second-order valence-corrected chi connectivity index (χ2v) is 5.24. The third-order valence-electron chi connectivity index (χ3n) is 3.87. The predicted octanol–water partition coefficient (Wildman–Crippen LogP) is 0.324. The number of carbonyl (C=O) groups excluding carboxylic acids is 1. The van der Waals surface area contributed by atoms with Gasteiger partial charge in [-0.2, -0.15) is 0 Å². The summed E-state index contributed by atoms with van der Waals surface area (Å²) in [5.41, 5.74) is 5.76. The van der Waals surface area contributed by atoms with Crippen molar-refractivity contribution in [1.29, 1.82) is 0 Å². The first-order chi connectivity index (χ1) is 7.72. The van der Waals surface area contributed by atoms with Crippen LogP contribution in [0, 0.1) is 5.92 Å². The first-order valence-electron chi connectivity index (χ1n) is 6.46. The maximum Gasteiger partial charge on any atom is 0.238 e. The van der Waals surface area contributed by atoms with Crippen LogP contribution >= 0.6 is 0 Å². The zero-order valence-electron chi connectivity index (χ0n) is 10.1. The summed E-state index contributed by atoms with van der Waals surface area (Å²) in [7, 11) is 0. The van der Waals surface area contributed by atoms with E-state index in [1.807, 2.05) is 0 Å². The second kappa shape index (κ2) is 5.15. The Morgan fingerprint density at radius 3 is 2.75 bits per heavy atom. The third-order valence-corrected chi connectivity index (χ3v) is 3.87. The molecule has 1 amide bonds. The highest BCUT2D eigenvalue weighted by Crippen LogP contribution is 2.26. The minimum Gasteiger partial charge on any atom is -0.354 e. The Kier molecular flexibility index (Phi) is 3.82. The Labute approximate surface area is 97.6 Å².